The van der Waals surface area contributed by atoms with Gasteiger partial charge in [0.05, 0.1) is 19.1 Å². The van der Waals surface area contributed by atoms with Gasteiger partial charge in [-0.05, 0) is 30.5 Å². The Hall–Kier alpha value is -1.43. The summed E-state index contributed by atoms with van der Waals surface area (Å²) in [6.07, 6.45) is 2.08. The van der Waals surface area contributed by atoms with Gasteiger partial charge >= 0.3 is 0 Å². The molecule has 2 aliphatic heterocycles. The maximum atomic E-state index is 12.3. The van der Waals surface area contributed by atoms with Crippen LogP contribution in [0, 0.1) is 5.92 Å². The van der Waals surface area contributed by atoms with Gasteiger partial charge in [0.25, 0.3) is 0 Å². The number of carbonyl (C=O) groups is 1. The zero-order valence-corrected chi connectivity index (χ0v) is 13.7. The van der Waals surface area contributed by atoms with E-state index in [-0.39, 0.29) is 11.8 Å². The van der Waals surface area contributed by atoms with E-state index in [1.165, 1.54) is 11.1 Å². The van der Waals surface area contributed by atoms with Gasteiger partial charge in [-0.2, -0.15) is 0 Å². The molecule has 126 valence electrons. The van der Waals surface area contributed by atoms with Crippen LogP contribution in [-0.2, 0) is 22.6 Å². The highest BCUT2D eigenvalue weighted by molar-refractivity contribution is 5.79. The number of nitrogens with one attached hydrogen (secondary N) is 2. The standard InChI is InChI=1S/C18H27N3O2/c22-18(16-6-3-7-19-12-16)20-13-15-4-1-2-5-17(15)14-21-8-10-23-11-9-21/h1-2,4-5,16,19H,3,6-14H2,(H,20,22)/t16-/m1/s1. The van der Waals surface area contributed by atoms with Crippen LogP contribution >= 0.6 is 0 Å². The van der Waals surface area contributed by atoms with E-state index in [4.69, 9.17) is 4.74 Å². The van der Waals surface area contributed by atoms with Crippen molar-refractivity contribution in [2.24, 2.45) is 5.92 Å². The molecule has 0 spiro atoms. The molecule has 0 unspecified atom stereocenters. The van der Waals surface area contributed by atoms with Crippen LogP contribution < -0.4 is 10.6 Å². The number of ether oxygens (including phenoxy) is 1. The number of nitrogens with zero attached hydrogens (tertiary/aromatic N) is 1. The molecular weight excluding hydrogens is 290 g/mol. The fourth-order valence-electron chi connectivity index (χ4n) is 3.29. The van der Waals surface area contributed by atoms with Crippen LogP contribution in [0.5, 0.6) is 0 Å². The van der Waals surface area contributed by atoms with Gasteiger partial charge in [-0.25, -0.2) is 0 Å². The predicted molar refractivity (Wildman–Crippen MR) is 90.0 cm³/mol. The molecule has 1 atom stereocenters. The Morgan fingerprint density at radius 2 is 2.04 bits per heavy atom. The molecular formula is C18H27N3O2. The minimum Gasteiger partial charge on any atom is -0.379 e. The van der Waals surface area contributed by atoms with Gasteiger partial charge in [-0.3, -0.25) is 9.69 Å². The number of amides is 1. The van der Waals surface area contributed by atoms with Gasteiger partial charge in [0.1, 0.15) is 0 Å². The van der Waals surface area contributed by atoms with Crippen LogP contribution in [0.1, 0.15) is 24.0 Å². The van der Waals surface area contributed by atoms with Gasteiger partial charge in [-0.15, -0.1) is 0 Å². The summed E-state index contributed by atoms with van der Waals surface area (Å²) in [4.78, 5) is 14.7. The molecule has 2 N–H and O–H groups in total. The van der Waals surface area contributed by atoms with Crippen molar-refractivity contribution in [3.05, 3.63) is 35.4 Å². The van der Waals surface area contributed by atoms with Crippen LogP contribution in [0.3, 0.4) is 0 Å². The summed E-state index contributed by atoms with van der Waals surface area (Å²) in [6.45, 7) is 6.98. The van der Waals surface area contributed by atoms with Crippen LogP contribution in [0.15, 0.2) is 24.3 Å². The topological polar surface area (TPSA) is 53.6 Å². The summed E-state index contributed by atoms with van der Waals surface area (Å²) >= 11 is 0. The van der Waals surface area contributed by atoms with Gasteiger partial charge in [0.15, 0.2) is 0 Å². The van der Waals surface area contributed by atoms with Gasteiger partial charge in [0, 0.05) is 32.7 Å². The number of piperidine rings is 1. The summed E-state index contributed by atoms with van der Waals surface area (Å²) in [5.41, 5.74) is 2.52. The maximum Gasteiger partial charge on any atom is 0.224 e. The van der Waals surface area contributed by atoms with Crippen LogP contribution in [0.25, 0.3) is 0 Å². The molecule has 2 fully saturated rings. The monoisotopic (exact) mass is 317 g/mol. The fraction of sp³-hybridized carbons (Fsp3) is 0.611. The minimum atomic E-state index is 0.121. The number of hydrogen-bond donors (Lipinski definition) is 2. The second kappa shape index (κ2) is 8.43. The molecule has 0 aliphatic carbocycles. The molecule has 2 saturated heterocycles. The molecule has 0 radical (unpaired) electrons. The van der Waals surface area contributed by atoms with Gasteiger partial charge in [-0.1, -0.05) is 24.3 Å². The Bertz CT molecular complexity index is 509. The first-order valence-corrected chi connectivity index (χ1v) is 8.68. The summed E-state index contributed by atoms with van der Waals surface area (Å²) < 4.78 is 5.41. The molecule has 1 aromatic rings. The largest absolute Gasteiger partial charge is 0.379 e. The average molecular weight is 317 g/mol. The van der Waals surface area contributed by atoms with Crippen LogP contribution in [0.2, 0.25) is 0 Å². The first-order valence-electron chi connectivity index (χ1n) is 8.68. The van der Waals surface area contributed by atoms with E-state index < -0.39 is 0 Å². The molecule has 0 bridgehead atoms. The number of benzene rings is 1. The van der Waals surface area contributed by atoms with E-state index in [9.17, 15) is 4.79 Å². The fourth-order valence-corrected chi connectivity index (χ4v) is 3.29. The summed E-state index contributed by atoms with van der Waals surface area (Å²) in [5, 5.41) is 6.42. The Balaban J connectivity index is 1.55. The molecule has 2 aliphatic rings. The van der Waals surface area contributed by atoms with Gasteiger partial charge in [0.2, 0.25) is 5.91 Å². The third kappa shape index (κ3) is 4.77. The minimum absolute atomic E-state index is 0.121. The normalized spacial score (nSPS) is 22.7. The first-order chi connectivity index (χ1) is 11.3. The Morgan fingerprint density at radius 1 is 1.26 bits per heavy atom. The predicted octanol–water partition coefficient (Wildman–Crippen LogP) is 1.13. The van der Waals surface area contributed by atoms with E-state index in [0.717, 1.165) is 58.8 Å². The summed E-state index contributed by atoms with van der Waals surface area (Å²) in [7, 11) is 0. The lowest BCUT2D eigenvalue weighted by Gasteiger charge is -2.27. The van der Waals surface area contributed by atoms with Crippen molar-refractivity contribution < 1.29 is 9.53 Å². The average Bonchev–Trinajstić information content (AvgIpc) is 2.62. The molecule has 23 heavy (non-hydrogen) atoms. The zero-order valence-electron chi connectivity index (χ0n) is 13.7. The lowest BCUT2D eigenvalue weighted by molar-refractivity contribution is -0.125. The van der Waals surface area contributed by atoms with Crippen molar-refractivity contribution in [1.82, 2.24) is 15.5 Å². The quantitative estimate of drug-likeness (QED) is 0.855. The van der Waals surface area contributed by atoms with Crippen molar-refractivity contribution in [1.29, 1.82) is 0 Å². The molecule has 1 amide bonds. The maximum absolute atomic E-state index is 12.3. The summed E-state index contributed by atoms with van der Waals surface area (Å²) in [5.74, 6) is 0.300. The van der Waals surface area contributed by atoms with Gasteiger partial charge < -0.3 is 15.4 Å². The number of carbonyl (C=O) groups excluding carboxylic acids is 1. The zero-order chi connectivity index (χ0) is 15.9. The molecule has 5 nitrogen and oxygen atoms in total. The van der Waals surface area contributed by atoms with Crippen LogP contribution in [-0.4, -0.2) is 50.2 Å². The van der Waals surface area contributed by atoms with E-state index >= 15 is 0 Å². The Kier molecular flexibility index (Phi) is 6.02. The highest BCUT2D eigenvalue weighted by Gasteiger charge is 2.20. The molecule has 5 heteroatoms. The molecule has 0 aromatic heterocycles. The summed E-state index contributed by atoms with van der Waals surface area (Å²) in [6, 6.07) is 8.41. The third-order valence-electron chi connectivity index (χ3n) is 4.74. The molecule has 0 saturated carbocycles. The van der Waals surface area contributed by atoms with Crippen molar-refractivity contribution in [3.63, 3.8) is 0 Å². The lowest BCUT2D eigenvalue weighted by atomic mass is 9.98. The van der Waals surface area contributed by atoms with Crippen molar-refractivity contribution in [3.8, 4) is 0 Å². The number of hydrogen-bond acceptors (Lipinski definition) is 4. The Labute approximate surface area is 138 Å². The highest BCUT2D eigenvalue weighted by Crippen LogP contribution is 2.14. The SMILES string of the molecule is O=C(NCc1ccccc1CN1CCOCC1)[C@@H]1CCCNC1. The van der Waals surface area contributed by atoms with Crippen molar-refractivity contribution in [2.75, 3.05) is 39.4 Å². The first kappa shape index (κ1) is 16.4. The van der Waals surface area contributed by atoms with E-state index in [1.54, 1.807) is 0 Å². The van der Waals surface area contributed by atoms with Crippen molar-refractivity contribution in [2.45, 2.75) is 25.9 Å². The number of morpholine rings is 1. The van der Waals surface area contributed by atoms with Crippen LogP contribution in [0.4, 0.5) is 0 Å². The lowest BCUT2D eigenvalue weighted by Crippen LogP contribution is -2.40. The highest BCUT2D eigenvalue weighted by atomic mass is 16.5. The second-order valence-corrected chi connectivity index (χ2v) is 6.42. The Morgan fingerprint density at radius 3 is 2.78 bits per heavy atom. The molecule has 2 heterocycles. The van der Waals surface area contributed by atoms with E-state index in [0.29, 0.717) is 6.54 Å². The molecule has 1 aromatic carbocycles. The third-order valence-corrected chi connectivity index (χ3v) is 4.74. The van der Waals surface area contributed by atoms with Crippen molar-refractivity contribution >= 4 is 5.91 Å². The van der Waals surface area contributed by atoms with E-state index in [2.05, 4.69) is 33.7 Å². The molecule has 3 rings (SSSR count). The number of rotatable bonds is 5. The van der Waals surface area contributed by atoms with E-state index in [1.807, 2.05) is 6.07 Å². The smallest absolute Gasteiger partial charge is 0.224 e. The second-order valence-electron chi connectivity index (χ2n) is 6.42.